The lowest BCUT2D eigenvalue weighted by Crippen LogP contribution is -2.16. The van der Waals surface area contributed by atoms with Gasteiger partial charge in [0.15, 0.2) is 0 Å². The van der Waals surface area contributed by atoms with Gasteiger partial charge in [-0.25, -0.2) is 0 Å². The molecule has 0 atom stereocenters. The van der Waals surface area contributed by atoms with E-state index in [-0.39, 0.29) is 4.90 Å². The molecular weight excluding hydrogens is 356 g/mol. The van der Waals surface area contributed by atoms with Crippen LogP contribution in [0.4, 0.5) is 0 Å². The zero-order valence-corrected chi connectivity index (χ0v) is 15.6. The van der Waals surface area contributed by atoms with Crippen LogP contribution in [0.2, 0.25) is 0 Å². The van der Waals surface area contributed by atoms with Gasteiger partial charge in [0.25, 0.3) is 10.0 Å². The number of nitrogens with zero attached hydrogens (tertiary/aromatic N) is 2. The van der Waals surface area contributed by atoms with Crippen LogP contribution in [0, 0.1) is 6.92 Å². The number of methoxy groups -OCH3 is 1. The molecule has 0 saturated heterocycles. The Hall–Kier alpha value is -2.38. The van der Waals surface area contributed by atoms with Gasteiger partial charge in [0.05, 0.1) is 22.2 Å². The van der Waals surface area contributed by atoms with Crippen molar-refractivity contribution in [2.45, 2.75) is 18.4 Å². The minimum atomic E-state index is -3.81. The smallest absolute Gasteiger partial charge is 0.285 e. The Morgan fingerprint density at radius 1 is 1.24 bits per heavy atom. The van der Waals surface area contributed by atoms with Crippen molar-refractivity contribution in [3.8, 4) is 5.75 Å². The van der Waals surface area contributed by atoms with E-state index in [0.29, 0.717) is 17.1 Å². The summed E-state index contributed by atoms with van der Waals surface area (Å²) in [5.41, 5.74) is 2.06. The maximum atomic E-state index is 12.7. The van der Waals surface area contributed by atoms with Gasteiger partial charge in [-0.05, 0) is 48.9 Å². The van der Waals surface area contributed by atoms with Crippen LogP contribution in [0.3, 0.4) is 0 Å². The minimum Gasteiger partial charge on any atom is -0.497 e. The third kappa shape index (κ3) is 3.52. The summed E-state index contributed by atoms with van der Waals surface area (Å²) in [6, 6.07) is 12.2. The molecule has 0 unspecified atom stereocenters. The Morgan fingerprint density at radius 3 is 2.60 bits per heavy atom. The fraction of sp³-hybridized carbons (Fsp3) is 0.167. The Bertz CT molecular complexity index is 1090. The molecule has 0 saturated carbocycles. The number of allylic oxidation sites excluding steroid dienone is 1. The van der Waals surface area contributed by atoms with E-state index < -0.39 is 10.0 Å². The quantitative estimate of drug-likeness (QED) is 0.642. The molecule has 1 heterocycles. The molecule has 0 fully saturated rings. The van der Waals surface area contributed by atoms with E-state index in [1.807, 2.05) is 29.7 Å². The molecule has 0 aliphatic rings. The van der Waals surface area contributed by atoms with E-state index in [4.69, 9.17) is 4.74 Å². The second-order valence-electron chi connectivity index (χ2n) is 5.50. The molecule has 25 heavy (non-hydrogen) atoms. The molecule has 2 aromatic carbocycles. The van der Waals surface area contributed by atoms with Crippen LogP contribution in [0.15, 0.2) is 64.4 Å². The van der Waals surface area contributed by atoms with E-state index in [9.17, 15) is 8.42 Å². The molecule has 0 N–H and O–H groups in total. The lowest BCUT2D eigenvalue weighted by atomic mass is 10.2. The van der Waals surface area contributed by atoms with Crippen molar-refractivity contribution in [1.82, 2.24) is 4.57 Å². The predicted molar refractivity (Wildman–Crippen MR) is 100 cm³/mol. The van der Waals surface area contributed by atoms with Crippen molar-refractivity contribution in [2.24, 2.45) is 4.40 Å². The lowest BCUT2D eigenvalue weighted by molar-refractivity contribution is 0.414. The Morgan fingerprint density at radius 2 is 1.96 bits per heavy atom. The average Bonchev–Trinajstić information content (AvgIpc) is 2.91. The van der Waals surface area contributed by atoms with Gasteiger partial charge in [-0.3, -0.25) is 0 Å². The van der Waals surface area contributed by atoms with E-state index in [1.165, 1.54) is 30.6 Å². The summed E-state index contributed by atoms with van der Waals surface area (Å²) in [6.07, 6.45) is 1.73. The number of fused-ring (bicyclic) bond motifs is 1. The van der Waals surface area contributed by atoms with Crippen LogP contribution in [0.1, 0.15) is 5.56 Å². The van der Waals surface area contributed by atoms with Gasteiger partial charge >= 0.3 is 0 Å². The first kappa shape index (κ1) is 17.4. The first-order chi connectivity index (χ1) is 11.9. The average molecular weight is 374 g/mol. The van der Waals surface area contributed by atoms with Crippen molar-refractivity contribution in [3.05, 3.63) is 65.5 Å². The first-order valence-electron chi connectivity index (χ1n) is 7.60. The highest BCUT2D eigenvalue weighted by atomic mass is 32.2. The lowest BCUT2D eigenvalue weighted by Gasteiger charge is -2.03. The maximum Gasteiger partial charge on any atom is 0.285 e. The highest BCUT2D eigenvalue weighted by molar-refractivity contribution is 7.90. The molecule has 5 nitrogen and oxygen atoms in total. The SMILES string of the molecule is C=CCn1c(=NS(=O)(=O)c2ccc(OC)cc2)sc2cc(C)ccc21. The molecule has 0 spiro atoms. The molecule has 0 amide bonds. The number of hydrogen-bond acceptors (Lipinski definition) is 4. The summed E-state index contributed by atoms with van der Waals surface area (Å²) in [6.45, 7) is 6.24. The standard InChI is InChI=1S/C18H18N2O3S2/c1-4-11-20-16-10-5-13(2)12-17(16)24-18(20)19-25(21,22)15-8-6-14(23-3)7-9-15/h4-10,12H,1,11H2,2-3H3. The van der Waals surface area contributed by atoms with Crippen molar-refractivity contribution < 1.29 is 13.2 Å². The van der Waals surface area contributed by atoms with Crippen molar-refractivity contribution >= 4 is 31.6 Å². The van der Waals surface area contributed by atoms with Crippen LogP contribution in [0.5, 0.6) is 5.75 Å². The molecule has 0 aliphatic carbocycles. The summed E-state index contributed by atoms with van der Waals surface area (Å²) in [7, 11) is -2.28. The largest absolute Gasteiger partial charge is 0.497 e. The van der Waals surface area contributed by atoms with Gasteiger partial charge in [-0.2, -0.15) is 8.42 Å². The second-order valence-corrected chi connectivity index (χ2v) is 8.11. The van der Waals surface area contributed by atoms with Gasteiger partial charge < -0.3 is 9.30 Å². The summed E-state index contributed by atoms with van der Waals surface area (Å²) in [5, 5.41) is 0. The molecule has 3 rings (SSSR count). The van der Waals surface area contributed by atoms with E-state index in [0.717, 1.165) is 15.8 Å². The molecule has 130 valence electrons. The number of benzene rings is 2. The van der Waals surface area contributed by atoms with Crippen LogP contribution in [0.25, 0.3) is 10.2 Å². The number of aryl methyl sites for hydroxylation is 1. The Balaban J connectivity index is 2.18. The van der Waals surface area contributed by atoms with E-state index in [1.54, 1.807) is 18.2 Å². The molecule has 1 aromatic heterocycles. The summed E-state index contributed by atoms with van der Waals surface area (Å²) in [5.74, 6) is 0.595. The minimum absolute atomic E-state index is 0.132. The molecule has 7 heteroatoms. The highest BCUT2D eigenvalue weighted by Crippen LogP contribution is 2.21. The zero-order valence-electron chi connectivity index (χ0n) is 14.0. The number of sulfonamides is 1. The number of thiazole rings is 1. The summed E-state index contributed by atoms with van der Waals surface area (Å²) in [4.78, 5) is 0.559. The normalized spacial score (nSPS) is 12.5. The van der Waals surface area contributed by atoms with Crippen molar-refractivity contribution in [2.75, 3.05) is 7.11 Å². The topological polar surface area (TPSA) is 60.7 Å². The molecular formula is C18H18N2O3S2. The van der Waals surface area contributed by atoms with Crippen LogP contribution in [-0.4, -0.2) is 20.1 Å². The van der Waals surface area contributed by atoms with Gasteiger partial charge in [0, 0.05) is 6.54 Å². The number of aromatic nitrogens is 1. The third-order valence-corrected chi connectivity index (χ3v) is 6.14. The Labute approximate surface area is 150 Å². The van der Waals surface area contributed by atoms with Gasteiger partial charge in [0.2, 0.25) is 4.80 Å². The van der Waals surface area contributed by atoms with Crippen LogP contribution in [-0.2, 0) is 16.6 Å². The van der Waals surface area contributed by atoms with Crippen molar-refractivity contribution in [3.63, 3.8) is 0 Å². The summed E-state index contributed by atoms with van der Waals surface area (Å²) >= 11 is 1.35. The number of ether oxygens (including phenoxy) is 1. The molecule has 0 bridgehead atoms. The molecule has 0 radical (unpaired) electrons. The number of rotatable bonds is 5. The first-order valence-corrected chi connectivity index (χ1v) is 9.86. The highest BCUT2D eigenvalue weighted by Gasteiger charge is 2.14. The van der Waals surface area contributed by atoms with Crippen molar-refractivity contribution in [1.29, 1.82) is 0 Å². The monoisotopic (exact) mass is 374 g/mol. The molecule has 3 aromatic rings. The molecule has 0 aliphatic heterocycles. The van der Waals surface area contributed by atoms with E-state index in [2.05, 4.69) is 11.0 Å². The maximum absolute atomic E-state index is 12.7. The predicted octanol–water partition coefficient (Wildman–Crippen LogP) is 3.50. The fourth-order valence-electron chi connectivity index (χ4n) is 2.46. The number of hydrogen-bond donors (Lipinski definition) is 0. The van der Waals surface area contributed by atoms with Gasteiger partial charge in [-0.1, -0.05) is 23.5 Å². The van der Waals surface area contributed by atoms with Crippen LogP contribution >= 0.6 is 11.3 Å². The Kier molecular flexibility index (Phi) is 4.78. The van der Waals surface area contributed by atoms with Gasteiger partial charge in [-0.15, -0.1) is 11.0 Å². The fourth-order valence-corrected chi connectivity index (χ4v) is 4.80. The zero-order chi connectivity index (χ0) is 18.0. The van der Waals surface area contributed by atoms with E-state index >= 15 is 0 Å². The van der Waals surface area contributed by atoms with Gasteiger partial charge in [0.1, 0.15) is 5.75 Å². The summed E-state index contributed by atoms with van der Waals surface area (Å²) < 4.78 is 37.3. The second kappa shape index (κ2) is 6.85. The third-order valence-electron chi connectivity index (χ3n) is 3.71. The van der Waals surface area contributed by atoms with Crippen LogP contribution < -0.4 is 9.54 Å².